The van der Waals surface area contributed by atoms with Gasteiger partial charge in [-0.3, -0.25) is 9.36 Å². The molecular formula is C19H25N5O2S. The van der Waals surface area contributed by atoms with Gasteiger partial charge < -0.3 is 15.0 Å². The third-order valence-electron chi connectivity index (χ3n) is 4.82. The van der Waals surface area contributed by atoms with E-state index in [0.29, 0.717) is 6.04 Å². The Morgan fingerprint density at radius 3 is 2.59 bits per heavy atom. The number of hydrogen-bond acceptors (Lipinski definition) is 6. The number of hydrogen-bond donors (Lipinski definition) is 1. The van der Waals surface area contributed by atoms with Crippen LogP contribution in [0.25, 0.3) is 0 Å². The number of thioether (sulfide) groups is 1. The Kier molecular flexibility index (Phi) is 5.36. The minimum Gasteiger partial charge on any atom is -0.378 e. The Morgan fingerprint density at radius 2 is 1.93 bits per heavy atom. The first kappa shape index (κ1) is 18.3. The normalized spacial score (nSPS) is 18.4. The van der Waals surface area contributed by atoms with Gasteiger partial charge in [0.15, 0.2) is 5.16 Å². The summed E-state index contributed by atoms with van der Waals surface area (Å²) in [5.74, 6) is 0.886. The van der Waals surface area contributed by atoms with Crippen molar-refractivity contribution in [2.24, 2.45) is 0 Å². The van der Waals surface area contributed by atoms with Crippen LogP contribution in [0.2, 0.25) is 0 Å². The van der Waals surface area contributed by atoms with E-state index in [9.17, 15) is 4.79 Å². The second-order valence-electron chi connectivity index (χ2n) is 7.10. The average molecular weight is 388 g/mol. The zero-order valence-corrected chi connectivity index (χ0v) is 16.5. The van der Waals surface area contributed by atoms with Gasteiger partial charge in [0.05, 0.1) is 18.5 Å². The van der Waals surface area contributed by atoms with Crippen LogP contribution in [0.1, 0.15) is 31.4 Å². The van der Waals surface area contributed by atoms with Gasteiger partial charge in [-0.05, 0) is 38.8 Å². The lowest BCUT2D eigenvalue weighted by atomic mass is 10.2. The molecule has 1 atom stereocenters. The number of anilines is 2. The van der Waals surface area contributed by atoms with Gasteiger partial charge in [0, 0.05) is 24.8 Å². The third-order valence-corrected chi connectivity index (χ3v) is 5.88. The molecular weight excluding hydrogens is 362 g/mol. The highest BCUT2D eigenvalue weighted by Crippen LogP contribution is 2.41. The van der Waals surface area contributed by atoms with Gasteiger partial charge in [-0.15, -0.1) is 10.2 Å². The van der Waals surface area contributed by atoms with Crippen LogP contribution in [0.3, 0.4) is 0 Å². The van der Waals surface area contributed by atoms with Crippen LogP contribution in [0.15, 0.2) is 29.4 Å². The maximum absolute atomic E-state index is 12.6. The Hall–Kier alpha value is -2.06. The molecule has 1 saturated carbocycles. The van der Waals surface area contributed by atoms with Crippen LogP contribution in [0, 0.1) is 6.92 Å². The van der Waals surface area contributed by atoms with Crippen molar-refractivity contribution >= 4 is 29.3 Å². The lowest BCUT2D eigenvalue weighted by molar-refractivity contribution is -0.115. The van der Waals surface area contributed by atoms with Gasteiger partial charge in [0.2, 0.25) is 11.9 Å². The van der Waals surface area contributed by atoms with Crippen molar-refractivity contribution < 1.29 is 9.53 Å². The lowest BCUT2D eigenvalue weighted by Gasteiger charge is -2.28. The average Bonchev–Trinajstić information content (AvgIpc) is 3.44. The monoisotopic (exact) mass is 387 g/mol. The highest BCUT2D eigenvalue weighted by atomic mass is 32.2. The number of amides is 1. The summed E-state index contributed by atoms with van der Waals surface area (Å²) in [6, 6.07) is 8.28. The fourth-order valence-corrected chi connectivity index (χ4v) is 3.99. The van der Waals surface area contributed by atoms with Gasteiger partial charge in [-0.1, -0.05) is 29.5 Å². The summed E-state index contributed by atoms with van der Waals surface area (Å²) in [4.78, 5) is 14.8. The maximum Gasteiger partial charge on any atom is 0.237 e. The summed E-state index contributed by atoms with van der Waals surface area (Å²) in [7, 11) is 0. The Bertz CT molecular complexity index is 797. The Morgan fingerprint density at radius 1 is 1.22 bits per heavy atom. The second kappa shape index (κ2) is 7.90. The minimum absolute atomic E-state index is 0.0258. The van der Waals surface area contributed by atoms with Crippen molar-refractivity contribution in [3.8, 4) is 0 Å². The van der Waals surface area contributed by atoms with Gasteiger partial charge in [-0.2, -0.15) is 0 Å². The standard InChI is InChI=1S/C19H25N5O2S/c1-13-3-5-15(6-4-13)20-17(25)14(2)27-19-22-21-18(24(19)16-7-8-16)23-9-11-26-12-10-23/h3-6,14,16H,7-12H2,1-2H3,(H,20,25)/t14-/m0/s1. The lowest BCUT2D eigenvalue weighted by Crippen LogP contribution is -2.38. The van der Waals surface area contributed by atoms with E-state index in [1.807, 2.05) is 38.1 Å². The molecule has 27 heavy (non-hydrogen) atoms. The molecule has 0 radical (unpaired) electrons. The fourth-order valence-electron chi connectivity index (χ4n) is 3.07. The van der Waals surface area contributed by atoms with Gasteiger partial charge in [0.1, 0.15) is 0 Å². The SMILES string of the molecule is Cc1ccc(NC(=O)[C@H](C)Sc2nnc(N3CCOCC3)n2C2CC2)cc1. The Labute approximate surface area is 163 Å². The van der Waals surface area contributed by atoms with E-state index in [0.717, 1.165) is 55.9 Å². The van der Waals surface area contributed by atoms with Crippen molar-refractivity contribution in [2.75, 3.05) is 36.5 Å². The first-order valence-corrected chi connectivity index (χ1v) is 10.3. The summed E-state index contributed by atoms with van der Waals surface area (Å²) >= 11 is 1.47. The molecule has 1 amide bonds. The molecule has 144 valence electrons. The number of nitrogens with one attached hydrogen (secondary N) is 1. The van der Waals surface area contributed by atoms with Crippen molar-refractivity contribution in [1.82, 2.24) is 14.8 Å². The molecule has 1 aromatic heterocycles. The van der Waals surface area contributed by atoms with E-state index in [-0.39, 0.29) is 11.2 Å². The molecule has 2 aromatic rings. The van der Waals surface area contributed by atoms with Crippen LogP contribution < -0.4 is 10.2 Å². The van der Waals surface area contributed by atoms with Crippen LogP contribution in [0.4, 0.5) is 11.6 Å². The smallest absolute Gasteiger partial charge is 0.237 e. The third kappa shape index (κ3) is 4.27. The summed E-state index contributed by atoms with van der Waals surface area (Å²) in [6.07, 6.45) is 2.29. The molecule has 0 bridgehead atoms. The number of carbonyl (C=O) groups is 1. The molecule has 2 fully saturated rings. The largest absolute Gasteiger partial charge is 0.378 e. The van der Waals surface area contributed by atoms with Gasteiger partial charge >= 0.3 is 0 Å². The predicted octanol–water partition coefficient (Wildman–Crippen LogP) is 2.88. The molecule has 4 rings (SSSR count). The summed E-state index contributed by atoms with van der Waals surface area (Å²) < 4.78 is 7.66. The molecule has 1 N–H and O–H groups in total. The molecule has 2 heterocycles. The topological polar surface area (TPSA) is 72.3 Å². The first-order chi connectivity index (χ1) is 13.1. The van der Waals surface area contributed by atoms with Crippen molar-refractivity contribution in [3.05, 3.63) is 29.8 Å². The quantitative estimate of drug-likeness (QED) is 0.769. The van der Waals surface area contributed by atoms with E-state index in [2.05, 4.69) is 25.0 Å². The summed E-state index contributed by atoms with van der Waals surface area (Å²) in [6.45, 7) is 7.04. The Balaban J connectivity index is 1.45. The fraction of sp³-hybridized carbons (Fsp3) is 0.526. The zero-order chi connectivity index (χ0) is 18.8. The summed E-state index contributed by atoms with van der Waals surface area (Å²) in [5, 5.41) is 12.4. The second-order valence-corrected chi connectivity index (χ2v) is 8.41. The van der Waals surface area contributed by atoms with Crippen LogP contribution in [-0.4, -0.2) is 52.2 Å². The highest BCUT2D eigenvalue weighted by molar-refractivity contribution is 8.00. The molecule has 1 aliphatic heterocycles. The van der Waals surface area contributed by atoms with E-state index >= 15 is 0 Å². The van der Waals surface area contributed by atoms with Crippen LogP contribution in [-0.2, 0) is 9.53 Å². The first-order valence-electron chi connectivity index (χ1n) is 9.43. The number of aromatic nitrogens is 3. The van der Waals surface area contributed by atoms with E-state index in [1.54, 1.807) is 0 Å². The minimum atomic E-state index is -0.259. The van der Waals surface area contributed by atoms with Gasteiger partial charge in [0.25, 0.3) is 0 Å². The van der Waals surface area contributed by atoms with Crippen LogP contribution >= 0.6 is 11.8 Å². The number of morpholine rings is 1. The summed E-state index contributed by atoms with van der Waals surface area (Å²) in [5.41, 5.74) is 1.99. The van der Waals surface area contributed by atoms with Crippen LogP contribution in [0.5, 0.6) is 0 Å². The number of carbonyl (C=O) groups excluding carboxylic acids is 1. The van der Waals surface area contributed by atoms with E-state index in [4.69, 9.17) is 4.74 Å². The van der Waals surface area contributed by atoms with Crippen molar-refractivity contribution in [2.45, 2.75) is 43.1 Å². The molecule has 1 aliphatic carbocycles. The molecule has 1 aromatic carbocycles. The van der Waals surface area contributed by atoms with Gasteiger partial charge in [-0.25, -0.2) is 0 Å². The molecule has 2 aliphatic rings. The number of rotatable bonds is 6. The van der Waals surface area contributed by atoms with Crippen molar-refractivity contribution in [1.29, 1.82) is 0 Å². The molecule has 0 unspecified atom stereocenters. The molecule has 8 heteroatoms. The van der Waals surface area contributed by atoms with E-state index in [1.165, 1.54) is 17.3 Å². The molecule has 1 saturated heterocycles. The predicted molar refractivity (Wildman–Crippen MR) is 106 cm³/mol. The maximum atomic E-state index is 12.6. The zero-order valence-electron chi connectivity index (χ0n) is 15.7. The number of benzene rings is 1. The number of aryl methyl sites for hydroxylation is 1. The molecule has 7 nitrogen and oxygen atoms in total. The van der Waals surface area contributed by atoms with E-state index < -0.39 is 0 Å². The number of nitrogens with zero attached hydrogens (tertiary/aromatic N) is 4. The molecule has 0 spiro atoms. The highest BCUT2D eigenvalue weighted by Gasteiger charge is 2.33. The van der Waals surface area contributed by atoms with Crippen molar-refractivity contribution in [3.63, 3.8) is 0 Å². The number of ether oxygens (including phenoxy) is 1.